The van der Waals surface area contributed by atoms with Gasteiger partial charge in [0.1, 0.15) is 0 Å². The zero-order chi connectivity index (χ0) is 12.7. The molecule has 94 valence electrons. The Morgan fingerprint density at radius 1 is 1.47 bits per heavy atom. The van der Waals surface area contributed by atoms with E-state index in [9.17, 15) is 4.79 Å². The minimum atomic E-state index is -0.305. The third kappa shape index (κ3) is 4.78. The van der Waals surface area contributed by atoms with Crippen LogP contribution in [0.2, 0.25) is 0 Å². The first kappa shape index (κ1) is 13.4. The highest BCUT2D eigenvalue weighted by atomic mass is 16.5. The number of carbonyl (C=O) groups excluding carboxylic acids is 1. The van der Waals surface area contributed by atoms with Gasteiger partial charge in [0.25, 0.3) is 5.91 Å². The van der Waals surface area contributed by atoms with E-state index in [1.165, 1.54) is 12.4 Å². The molecule has 6 nitrogen and oxygen atoms in total. The molecule has 0 saturated heterocycles. The van der Waals surface area contributed by atoms with Crippen LogP contribution in [0.1, 0.15) is 30.8 Å². The highest BCUT2D eigenvalue weighted by Crippen LogP contribution is 2.01. The maximum atomic E-state index is 11.6. The number of aromatic nitrogens is 2. The Hall–Kier alpha value is -1.69. The first-order chi connectivity index (χ1) is 8.11. The predicted molar refractivity (Wildman–Crippen MR) is 64.5 cm³/mol. The average Bonchev–Trinajstić information content (AvgIpc) is 2.28. The Kier molecular flexibility index (Phi) is 5.35. The van der Waals surface area contributed by atoms with Gasteiger partial charge in [-0.2, -0.15) is 0 Å². The number of amides is 1. The van der Waals surface area contributed by atoms with Crippen LogP contribution in [0.4, 0.5) is 5.82 Å². The standard InChI is InChI=1S/C11H18N4O2/c1-8(2)17-7-3-4-15-11(16)9-10(12)14-6-5-13-9/h5-6,8H,3-4,7H2,1-2H3,(H2,12,14)(H,15,16). The number of hydrogen-bond donors (Lipinski definition) is 2. The normalized spacial score (nSPS) is 10.5. The van der Waals surface area contributed by atoms with Crippen LogP contribution in [0, 0.1) is 0 Å². The fourth-order valence-electron chi connectivity index (χ4n) is 1.20. The summed E-state index contributed by atoms with van der Waals surface area (Å²) in [6, 6.07) is 0. The summed E-state index contributed by atoms with van der Waals surface area (Å²) in [5, 5.41) is 2.71. The molecule has 1 heterocycles. The molecule has 3 N–H and O–H groups in total. The second-order valence-corrected chi connectivity index (χ2v) is 3.82. The molecule has 1 rings (SSSR count). The van der Waals surface area contributed by atoms with Crippen molar-refractivity contribution in [3.8, 4) is 0 Å². The first-order valence-electron chi connectivity index (χ1n) is 5.57. The smallest absolute Gasteiger partial charge is 0.273 e. The number of ether oxygens (including phenoxy) is 1. The largest absolute Gasteiger partial charge is 0.382 e. The summed E-state index contributed by atoms with van der Waals surface area (Å²) in [4.78, 5) is 19.3. The summed E-state index contributed by atoms with van der Waals surface area (Å²) >= 11 is 0. The summed E-state index contributed by atoms with van der Waals surface area (Å²) in [5.74, 6) is -0.163. The summed E-state index contributed by atoms with van der Waals surface area (Å²) in [6.45, 7) is 5.09. The molecule has 0 atom stereocenters. The SMILES string of the molecule is CC(C)OCCCNC(=O)c1nccnc1N. The van der Waals surface area contributed by atoms with Crippen molar-refractivity contribution in [2.75, 3.05) is 18.9 Å². The molecule has 0 aliphatic carbocycles. The van der Waals surface area contributed by atoms with Crippen LogP contribution in [-0.2, 0) is 4.74 Å². The Bertz CT molecular complexity index is 368. The van der Waals surface area contributed by atoms with Crippen molar-refractivity contribution in [1.82, 2.24) is 15.3 Å². The minimum Gasteiger partial charge on any atom is -0.382 e. The van der Waals surface area contributed by atoms with E-state index in [2.05, 4.69) is 15.3 Å². The molecule has 6 heteroatoms. The molecule has 0 radical (unpaired) electrons. The fraction of sp³-hybridized carbons (Fsp3) is 0.545. The van der Waals surface area contributed by atoms with E-state index in [-0.39, 0.29) is 23.5 Å². The lowest BCUT2D eigenvalue weighted by atomic mass is 10.3. The summed E-state index contributed by atoms with van der Waals surface area (Å²) < 4.78 is 5.35. The van der Waals surface area contributed by atoms with Gasteiger partial charge in [0.2, 0.25) is 0 Å². The second kappa shape index (κ2) is 6.80. The topological polar surface area (TPSA) is 90.1 Å². The van der Waals surface area contributed by atoms with Crippen LogP contribution in [0.3, 0.4) is 0 Å². The van der Waals surface area contributed by atoms with E-state index in [0.717, 1.165) is 6.42 Å². The van der Waals surface area contributed by atoms with E-state index in [0.29, 0.717) is 13.2 Å². The molecule has 1 aromatic rings. The molecule has 1 aromatic heterocycles. The fourth-order valence-corrected chi connectivity index (χ4v) is 1.20. The third-order valence-corrected chi connectivity index (χ3v) is 2.00. The molecular weight excluding hydrogens is 220 g/mol. The number of nitrogens with two attached hydrogens (primary N) is 1. The van der Waals surface area contributed by atoms with Crippen molar-refractivity contribution in [3.05, 3.63) is 18.1 Å². The van der Waals surface area contributed by atoms with E-state index in [1.807, 2.05) is 13.8 Å². The van der Waals surface area contributed by atoms with Crippen LogP contribution in [-0.4, -0.2) is 35.1 Å². The zero-order valence-electron chi connectivity index (χ0n) is 10.1. The Morgan fingerprint density at radius 2 is 2.18 bits per heavy atom. The van der Waals surface area contributed by atoms with E-state index in [1.54, 1.807) is 0 Å². The van der Waals surface area contributed by atoms with Gasteiger partial charge in [-0.25, -0.2) is 9.97 Å². The predicted octanol–water partition coefficient (Wildman–Crippen LogP) is 0.604. The molecule has 0 fully saturated rings. The van der Waals surface area contributed by atoms with E-state index in [4.69, 9.17) is 10.5 Å². The van der Waals surface area contributed by atoms with Crippen molar-refractivity contribution >= 4 is 11.7 Å². The maximum absolute atomic E-state index is 11.6. The lowest BCUT2D eigenvalue weighted by Gasteiger charge is -2.08. The van der Waals surface area contributed by atoms with Crippen LogP contribution < -0.4 is 11.1 Å². The third-order valence-electron chi connectivity index (χ3n) is 2.00. The van der Waals surface area contributed by atoms with Gasteiger partial charge in [0.15, 0.2) is 11.5 Å². The monoisotopic (exact) mass is 238 g/mol. The Balaban J connectivity index is 2.29. The lowest BCUT2D eigenvalue weighted by Crippen LogP contribution is -2.27. The number of nitrogen functional groups attached to an aromatic ring is 1. The molecule has 0 aromatic carbocycles. The Morgan fingerprint density at radius 3 is 2.82 bits per heavy atom. The molecule has 0 saturated carbocycles. The highest BCUT2D eigenvalue weighted by Gasteiger charge is 2.10. The van der Waals surface area contributed by atoms with Gasteiger partial charge in [-0.3, -0.25) is 4.79 Å². The molecule has 1 amide bonds. The van der Waals surface area contributed by atoms with Crippen molar-refractivity contribution in [1.29, 1.82) is 0 Å². The number of anilines is 1. The van der Waals surface area contributed by atoms with Crippen molar-refractivity contribution < 1.29 is 9.53 Å². The summed E-state index contributed by atoms with van der Waals surface area (Å²) in [7, 11) is 0. The summed E-state index contributed by atoms with van der Waals surface area (Å²) in [5.41, 5.74) is 5.70. The van der Waals surface area contributed by atoms with E-state index >= 15 is 0 Å². The Labute approximate surface area is 101 Å². The summed E-state index contributed by atoms with van der Waals surface area (Å²) in [6.07, 6.45) is 3.85. The lowest BCUT2D eigenvalue weighted by molar-refractivity contribution is 0.0756. The molecule has 0 aliphatic rings. The second-order valence-electron chi connectivity index (χ2n) is 3.82. The van der Waals surface area contributed by atoms with Gasteiger partial charge >= 0.3 is 0 Å². The molecule has 0 aliphatic heterocycles. The zero-order valence-corrected chi connectivity index (χ0v) is 10.1. The number of rotatable bonds is 6. The van der Waals surface area contributed by atoms with Gasteiger partial charge in [0, 0.05) is 25.5 Å². The van der Waals surface area contributed by atoms with Crippen LogP contribution >= 0.6 is 0 Å². The van der Waals surface area contributed by atoms with Gasteiger partial charge in [-0.15, -0.1) is 0 Å². The number of hydrogen-bond acceptors (Lipinski definition) is 5. The van der Waals surface area contributed by atoms with Gasteiger partial charge in [-0.05, 0) is 20.3 Å². The molecular formula is C11H18N4O2. The number of carbonyl (C=O) groups is 1. The molecule has 0 unspecified atom stereocenters. The van der Waals surface area contributed by atoms with Crippen molar-refractivity contribution in [3.63, 3.8) is 0 Å². The van der Waals surface area contributed by atoms with Crippen LogP contribution in [0.15, 0.2) is 12.4 Å². The van der Waals surface area contributed by atoms with Gasteiger partial charge in [-0.1, -0.05) is 0 Å². The molecule has 17 heavy (non-hydrogen) atoms. The van der Waals surface area contributed by atoms with Crippen molar-refractivity contribution in [2.45, 2.75) is 26.4 Å². The highest BCUT2D eigenvalue weighted by molar-refractivity contribution is 5.96. The van der Waals surface area contributed by atoms with Crippen LogP contribution in [0.25, 0.3) is 0 Å². The number of nitrogens with zero attached hydrogens (tertiary/aromatic N) is 2. The van der Waals surface area contributed by atoms with Gasteiger partial charge in [0.05, 0.1) is 6.10 Å². The van der Waals surface area contributed by atoms with Crippen molar-refractivity contribution in [2.24, 2.45) is 0 Å². The number of nitrogens with one attached hydrogen (secondary N) is 1. The molecule has 0 spiro atoms. The molecule has 0 bridgehead atoms. The average molecular weight is 238 g/mol. The quantitative estimate of drug-likeness (QED) is 0.708. The van der Waals surface area contributed by atoms with Gasteiger partial charge < -0.3 is 15.8 Å². The first-order valence-corrected chi connectivity index (χ1v) is 5.57. The minimum absolute atomic E-state index is 0.142. The maximum Gasteiger partial charge on any atom is 0.273 e. The van der Waals surface area contributed by atoms with Crippen LogP contribution in [0.5, 0.6) is 0 Å². The van der Waals surface area contributed by atoms with E-state index < -0.39 is 0 Å².